The van der Waals surface area contributed by atoms with Gasteiger partial charge in [-0.2, -0.15) is 0 Å². The Bertz CT molecular complexity index is 1440. The molecule has 0 aliphatic carbocycles. The molecule has 0 spiro atoms. The molecule has 0 bridgehead atoms. The fourth-order valence-corrected chi connectivity index (χ4v) is 3.88. The summed E-state index contributed by atoms with van der Waals surface area (Å²) in [6.45, 7) is 0. The number of carbonyl (C=O) groups is 3. The van der Waals surface area contributed by atoms with Gasteiger partial charge >= 0.3 is 5.97 Å². The highest BCUT2D eigenvalue weighted by Crippen LogP contribution is 2.34. The number of rotatable bonds is 7. The number of Topliss-reactive ketones (excluding diaryl/α,β-unsaturated/α-hetero) is 1. The smallest absolute Gasteiger partial charge is 0.340 e. The van der Waals surface area contributed by atoms with E-state index in [0.29, 0.717) is 10.6 Å². The maximum atomic E-state index is 13.5. The first-order valence-corrected chi connectivity index (χ1v) is 10.8. The Morgan fingerprint density at radius 3 is 2.23 bits per heavy atom. The van der Waals surface area contributed by atoms with Crippen molar-refractivity contribution in [2.24, 2.45) is 0 Å². The van der Waals surface area contributed by atoms with Crippen molar-refractivity contribution in [3.05, 3.63) is 83.1 Å². The van der Waals surface area contributed by atoms with Crippen molar-refractivity contribution in [1.82, 2.24) is 4.40 Å². The molecule has 0 unspecified atom stereocenters. The lowest BCUT2D eigenvalue weighted by atomic mass is 10.0. The van der Waals surface area contributed by atoms with E-state index in [1.54, 1.807) is 40.9 Å². The normalized spacial score (nSPS) is 10.6. The molecule has 1 amide bonds. The van der Waals surface area contributed by atoms with Gasteiger partial charge in [-0.15, -0.1) is 0 Å². The summed E-state index contributed by atoms with van der Waals surface area (Å²) in [5.74, 6) is -1.94. The fraction of sp³-hybridized carbons (Fsp3) is 0.115. The highest BCUT2D eigenvalue weighted by atomic mass is 35.5. The van der Waals surface area contributed by atoms with Crippen LogP contribution in [0.15, 0.2) is 66.9 Å². The number of methoxy groups -OCH3 is 3. The van der Waals surface area contributed by atoms with Gasteiger partial charge in [-0.1, -0.05) is 29.8 Å². The van der Waals surface area contributed by atoms with E-state index in [9.17, 15) is 14.4 Å². The Morgan fingerprint density at radius 1 is 0.886 bits per heavy atom. The maximum absolute atomic E-state index is 13.5. The summed E-state index contributed by atoms with van der Waals surface area (Å²) in [5, 5.41) is 3.08. The van der Waals surface area contributed by atoms with E-state index < -0.39 is 17.7 Å². The third kappa shape index (κ3) is 4.56. The van der Waals surface area contributed by atoms with Crippen molar-refractivity contribution in [1.29, 1.82) is 0 Å². The number of ketones is 1. The van der Waals surface area contributed by atoms with Crippen LogP contribution in [-0.4, -0.2) is 43.4 Å². The number of hydrogen-bond donors (Lipinski definition) is 1. The molecule has 2 heterocycles. The molecule has 0 fully saturated rings. The van der Waals surface area contributed by atoms with Crippen LogP contribution in [0.5, 0.6) is 11.5 Å². The lowest BCUT2D eigenvalue weighted by molar-refractivity contribution is -0.112. The van der Waals surface area contributed by atoms with Gasteiger partial charge < -0.3 is 23.9 Å². The Morgan fingerprint density at radius 2 is 1.57 bits per heavy atom. The van der Waals surface area contributed by atoms with Crippen LogP contribution < -0.4 is 14.8 Å². The second-order valence-corrected chi connectivity index (χ2v) is 7.87. The molecule has 4 rings (SSSR count). The average molecular weight is 493 g/mol. The zero-order chi connectivity index (χ0) is 25.1. The molecule has 0 aliphatic rings. The van der Waals surface area contributed by atoms with Gasteiger partial charge in [0.1, 0.15) is 5.69 Å². The molecule has 4 aromatic rings. The lowest BCUT2D eigenvalue weighted by Crippen LogP contribution is -2.26. The SMILES string of the molecule is COC(=O)c1cc(OC)c(OC)cc1NC(=O)C(=O)c1c(-c2ccc(Cl)cc2)cc2ccccn12. The van der Waals surface area contributed by atoms with E-state index in [2.05, 4.69) is 5.32 Å². The van der Waals surface area contributed by atoms with Crippen molar-refractivity contribution >= 4 is 40.5 Å². The number of halogens is 1. The van der Waals surface area contributed by atoms with Gasteiger partial charge in [-0.3, -0.25) is 9.59 Å². The second-order valence-electron chi connectivity index (χ2n) is 7.44. The first-order valence-electron chi connectivity index (χ1n) is 10.4. The van der Waals surface area contributed by atoms with Crippen LogP contribution >= 0.6 is 11.6 Å². The largest absolute Gasteiger partial charge is 0.493 e. The standard InChI is InChI=1S/C26H21ClN2O6/c1-33-21-13-19(26(32)35-3)20(14-22(21)34-2)28-25(31)24(30)23-18(15-7-9-16(27)10-8-15)12-17-6-4-5-11-29(17)23/h4-14H,1-3H3,(H,28,31). The van der Waals surface area contributed by atoms with Crippen LogP contribution in [-0.2, 0) is 9.53 Å². The summed E-state index contributed by atoms with van der Waals surface area (Å²) in [7, 11) is 4.04. The molecule has 0 atom stereocenters. The van der Waals surface area contributed by atoms with Crippen LogP contribution in [0.4, 0.5) is 5.69 Å². The monoisotopic (exact) mass is 492 g/mol. The number of fused-ring (bicyclic) bond motifs is 1. The average Bonchev–Trinajstić information content (AvgIpc) is 3.27. The van der Waals surface area contributed by atoms with E-state index in [0.717, 1.165) is 11.1 Å². The minimum absolute atomic E-state index is 0.00393. The number of carbonyl (C=O) groups excluding carboxylic acids is 3. The highest BCUT2D eigenvalue weighted by Gasteiger charge is 2.27. The Kier molecular flexibility index (Phi) is 6.75. The first-order chi connectivity index (χ1) is 16.9. The summed E-state index contributed by atoms with van der Waals surface area (Å²) in [6, 6.07) is 17.0. The van der Waals surface area contributed by atoms with Crippen LogP contribution in [0.1, 0.15) is 20.8 Å². The van der Waals surface area contributed by atoms with Gasteiger partial charge in [0.15, 0.2) is 11.5 Å². The molecule has 178 valence electrons. The number of ether oxygens (including phenoxy) is 3. The number of aromatic nitrogens is 1. The number of benzene rings is 2. The van der Waals surface area contributed by atoms with E-state index in [1.165, 1.54) is 33.5 Å². The lowest BCUT2D eigenvalue weighted by Gasteiger charge is -2.14. The predicted molar refractivity (Wildman–Crippen MR) is 132 cm³/mol. The van der Waals surface area contributed by atoms with Crippen LogP contribution in [0, 0.1) is 0 Å². The zero-order valence-electron chi connectivity index (χ0n) is 19.1. The Labute approximate surface area is 206 Å². The molecule has 0 radical (unpaired) electrons. The topological polar surface area (TPSA) is 95.3 Å². The molecule has 8 nitrogen and oxygen atoms in total. The summed E-state index contributed by atoms with van der Waals surface area (Å²) in [4.78, 5) is 39.0. The van der Waals surface area contributed by atoms with Crippen LogP contribution in [0.2, 0.25) is 5.02 Å². The predicted octanol–water partition coefficient (Wildman–Crippen LogP) is 4.88. The summed E-state index contributed by atoms with van der Waals surface area (Å²) in [6.07, 6.45) is 1.70. The van der Waals surface area contributed by atoms with Crippen molar-refractivity contribution in [3.63, 3.8) is 0 Å². The van der Waals surface area contributed by atoms with Crippen molar-refractivity contribution in [3.8, 4) is 22.6 Å². The van der Waals surface area contributed by atoms with Gasteiger partial charge in [0, 0.05) is 34.4 Å². The van der Waals surface area contributed by atoms with Gasteiger partial charge in [-0.25, -0.2) is 4.79 Å². The third-order valence-corrected chi connectivity index (χ3v) is 5.69. The van der Waals surface area contributed by atoms with Gasteiger partial charge in [0.25, 0.3) is 11.7 Å². The maximum Gasteiger partial charge on any atom is 0.340 e. The molecule has 2 aromatic carbocycles. The summed E-state index contributed by atoms with van der Waals surface area (Å²) >= 11 is 6.03. The Hall–Kier alpha value is -4.30. The summed E-state index contributed by atoms with van der Waals surface area (Å²) < 4.78 is 17.0. The number of anilines is 1. The third-order valence-electron chi connectivity index (χ3n) is 5.43. The molecule has 35 heavy (non-hydrogen) atoms. The number of nitrogens with one attached hydrogen (secondary N) is 1. The molecular formula is C26H21ClN2O6. The fourth-order valence-electron chi connectivity index (χ4n) is 3.75. The molecule has 2 aromatic heterocycles. The van der Waals surface area contributed by atoms with Gasteiger partial charge in [0.05, 0.1) is 32.6 Å². The first kappa shape index (κ1) is 23.8. The second kappa shape index (κ2) is 9.90. The number of hydrogen-bond acceptors (Lipinski definition) is 6. The quantitative estimate of drug-likeness (QED) is 0.224. The molecule has 0 saturated carbocycles. The van der Waals surface area contributed by atoms with Gasteiger partial charge in [-0.05, 0) is 35.9 Å². The van der Waals surface area contributed by atoms with Crippen LogP contribution in [0.25, 0.3) is 16.6 Å². The summed E-state index contributed by atoms with van der Waals surface area (Å²) in [5.41, 5.74) is 2.23. The zero-order valence-corrected chi connectivity index (χ0v) is 19.9. The van der Waals surface area contributed by atoms with Gasteiger partial charge in [0.2, 0.25) is 0 Å². The minimum Gasteiger partial charge on any atom is -0.493 e. The molecule has 0 aliphatic heterocycles. The number of amides is 1. The minimum atomic E-state index is -0.943. The molecule has 1 N–H and O–H groups in total. The number of pyridine rings is 1. The van der Waals surface area contributed by atoms with E-state index in [1.807, 2.05) is 18.2 Å². The molecular weight excluding hydrogens is 472 g/mol. The number of esters is 1. The van der Waals surface area contributed by atoms with Crippen LogP contribution in [0.3, 0.4) is 0 Å². The van der Waals surface area contributed by atoms with E-state index in [4.69, 9.17) is 25.8 Å². The van der Waals surface area contributed by atoms with E-state index in [-0.39, 0.29) is 28.4 Å². The Balaban J connectivity index is 1.78. The highest BCUT2D eigenvalue weighted by molar-refractivity contribution is 6.47. The molecule has 0 saturated heterocycles. The van der Waals surface area contributed by atoms with E-state index >= 15 is 0 Å². The van der Waals surface area contributed by atoms with Crippen molar-refractivity contribution in [2.75, 3.05) is 26.6 Å². The molecule has 9 heteroatoms. The van der Waals surface area contributed by atoms with Crippen molar-refractivity contribution < 1.29 is 28.6 Å². The van der Waals surface area contributed by atoms with Crippen molar-refractivity contribution in [2.45, 2.75) is 0 Å². The number of nitrogens with zero attached hydrogens (tertiary/aromatic N) is 1.